The first-order chi connectivity index (χ1) is 13.9. The van der Waals surface area contributed by atoms with E-state index in [1.807, 2.05) is 6.07 Å². The van der Waals surface area contributed by atoms with Crippen LogP contribution in [0, 0.1) is 17.1 Å². The van der Waals surface area contributed by atoms with Crippen molar-refractivity contribution in [3.63, 3.8) is 0 Å². The van der Waals surface area contributed by atoms with E-state index in [9.17, 15) is 9.18 Å². The van der Waals surface area contributed by atoms with Crippen LogP contribution < -0.4 is 11.1 Å². The molecule has 4 rings (SSSR count). The number of nitriles is 1. The number of pyridine rings is 1. The van der Waals surface area contributed by atoms with Gasteiger partial charge in [-0.3, -0.25) is 9.79 Å². The molecule has 2 aromatic rings. The number of aromatic nitrogens is 1. The van der Waals surface area contributed by atoms with Gasteiger partial charge in [0.2, 0.25) is 0 Å². The molecule has 1 amide bonds. The Balaban J connectivity index is 0.00000256. The number of nitrogens with zero attached hydrogens (tertiary/aromatic N) is 3. The number of thioether (sulfide) groups is 1. The standard InChI is InChI=1S/C19H15F2N5O2S.ClH/c20-14-3-2-12(26-16(27)15-4-1-11(6-22)7-24-15)5-13(14)19-10-28-9-18(19,21)8-25-17(23)29-19;/h1-5,7H,8-10H2,(H2,23,25)(H,26,27);1H/t18-,19-;/m1./s1. The number of hydrogen-bond acceptors (Lipinski definition) is 7. The number of rotatable bonds is 3. The smallest absolute Gasteiger partial charge is 0.274 e. The maximum atomic E-state index is 15.6. The number of carbonyl (C=O) groups excluding carboxylic acids is 1. The molecular formula is C19H16ClF2N5O2S. The monoisotopic (exact) mass is 451 g/mol. The highest BCUT2D eigenvalue weighted by Gasteiger charge is 2.62. The summed E-state index contributed by atoms with van der Waals surface area (Å²) in [7, 11) is 0. The maximum absolute atomic E-state index is 15.6. The van der Waals surface area contributed by atoms with E-state index in [2.05, 4.69) is 15.3 Å². The third-order valence-electron chi connectivity index (χ3n) is 4.91. The summed E-state index contributed by atoms with van der Waals surface area (Å²) in [5.41, 5.74) is 4.61. The third kappa shape index (κ3) is 3.60. The number of aliphatic imine (C=N–C) groups is 1. The summed E-state index contributed by atoms with van der Waals surface area (Å²) in [4.78, 5) is 20.3. The van der Waals surface area contributed by atoms with Crippen molar-refractivity contribution < 1.29 is 18.3 Å². The van der Waals surface area contributed by atoms with E-state index in [0.29, 0.717) is 5.56 Å². The van der Waals surface area contributed by atoms with Crippen molar-refractivity contribution in [1.29, 1.82) is 5.26 Å². The Morgan fingerprint density at radius 2 is 2.13 bits per heavy atom. The van der Waals surface area contributed by atoms with Crippen LogP contribution in [0.2, 0.25) is 0 Å². The summed E-state index contributed by atoms with van der Waals surface area (Å²) in [6.45, 7) is -0.519. The molecule has 1 fully saturated rings. The van der Waals surface area contributed by atoms with Gasteiger partial charge in [0.05, 0.1) is 25.3 Å². The van der Waals surface area contributed by atoms with Gasteiger partial charge in [0, 0.05) is 17.4 Å². The van der Waals surface area contributed by atoms with Gasteiger partial charge in [0.25, 0.3) is 5.91 Å². The van der Waals surface area contributed by atoms with E-state index < -0.39 is 22.1 Å². The highest BCUT2D eigenvalue weighted by Crippen LogP contribution is 2.54. The lowest BCUT2D eigenvalue weighted by Crippen LogP contribution is -2.52. The first-order valence-corrected chi connectivity index (χ1v) is 9.42. The molecule has 3 heterocycles. The second kappa shape index (κ2) is 8.18. The first-order valence-electron chi connectivity index (χ1n) is 8.60. The van der Waals surface area contributed by atoms with Crippen molar-refractivity contribution in [2.75, 3.05) is 25.1 Å². The predicted octanol–water partition coefficient (Wildman–Crippen LogP) is 2.76. The van der Waals surface area contributed by atoms with Crippen LogP contribution in [0.1, 0.15) is 21.6 Å². The van der Waals surface area contributed by atoms with Gasteiger partial charge in [-0.25, -0.2) is 13.8 Å². The van der Waals surface area contributed by atoms with E-state index in [0.717, 1.165) is 17.8 Å². The molecule has 0 bridgehead atoms. The molecule has 11 heteroatoms. The largest absolute Gasteiger partial charge is 0.379 e. The van der Waals surface area contributed by atoms with E-state index >= 15 is 4.39 Å². The van der Waals surface area contributed by atoms with Gasteiger partial charge in [0.15, 0.2) is 10.8 Å². The van der Waals surface area contributed by atoms with Gasteiger partial charge < -0.3 is 15.8 Å². The fraction of sp³-hybridized carbons (Fsp3) is 0.263. The van der Waals surface area contributed by atoms with Crippen molar-refractivity contribution in [2.45, 2.75) is 10.4 Å². The quantitative estimate of drug-likeness (QED) is 0.741. The molecule has 30 heavy (non-hydrogen) atoms. The number of amides is 1. The number of halogens is 3. The Hall–Kier alpha value is -2.74. The van der Waals surface area contributed by atoms with Crippen molar-refractivity contribution >= 4 is 40.9 Å². The van der Waals surface area contributed by atoms with Crippen molar-refractivity contribution in [1.82, 2.24) is 4.98 Å². The molecule has 1 saturated heterocycles. The number of amidine groups is 1. The number of carbonyl (C=O) groups is 1. The lowest BCUT2D eigenvalue weighted by Gasteiger charge is -2.40. The van der Waals surface area contributed by atoms with Crippen LogP contribution in [0.3, 0.4) is 0 Å². The zero-order valence-corrected chi connectivity index (χ0v) is 17.0. The fourth-order valence-electron chi connectivity index (χ4n) is 3.39. The molecule has 3 N–H and O–H groups in total. The summed E-state index contributed by atoms with van der Waals surface area (Å²) >= 11 is 0.931. The summed E-state index contributed by atoms with van der Waals surface area (Å²) in [5.74, 6) is -1.18. The van der Waals surface area contributed by atoms with E-state index in [-0.39, 0.29) is 54.3 Å². The van der Waals surface area contributed by atoms with Crippen molar-refractivity contribution in [2.24, 2.45) is 10.7 Å². The second-order valence-electron chi connectivity index (χ2n) is 6.73. The number of alkyl halides is 1. The van der Waals surface area contributed by atoms with Crippen LogP contribution in [0.5, 0.6) is 0 Å². The number of nitrogens with two attached hydrogens (primary N) is 1. The van der Waals surface area contributed by atoms with Crippen LogP contribution in [0.15, 0.2) is 41.5 Å². The maximum Gasteiger partial charge on any atom is 0.274 e. The van der Waals surface area contributed by atoms with Gasteiger partial charge >= 0.3 is 0 Å². The topological polar surface area (TPSA) is 113 Å². The molecule has 0 unspecified atom stereocenters. The fourth-order valence-corrected chi connectivity index (χ4v) is 4.59. The predicted molar refractivity (Wildman–Crippen MR) is 111 cm³/mol. The molecule has 1 aromatic carbocycles. The highest BCUT2D eigenvalue weighted by molar-refractivity contribution is 8.14. The summed E-state index contributed by atoms with van der Waals surface area (Å²) in [6, 6.07) is 8.70. The normalized spacial score (nSPS) is 24.8. The minimum Gasteiger partial charge on any atom is -0.379 e. The average Bonchev–Trinajstić information content (AvgIpc) is 3.06. The lowest BCUT2D eigenvalue weighted by molar-refractivity contribution is 0.102. The van der Waals surface area contributed by atoms with Crippen LogP contribution in [-0.2, 0) is 9.48 Å². The zero-order valence-electron chi connectivity index (χ0n) is 15.4. The third-order valence-corrected chi connectivity index (χ3v) is 6.30. The van der Waals surface area contributed by atoms with Gasteiger partial charge in [0.1, 0.15) is 22.3 Å². The van der Waals surface area contributed by atoms with Crippen molar-refractivity contribution in [3.05, 3.63) is 59.2 Å². The molecule has 1 aromatic heterocycles. The van der Waals surface area contributed by atoms with Crippen LogP contribution in [0.25, 0.3) is 0 Å². The average molecular weight is 452 g/mol. The number of benzene rings is 1. The molecular weight excluding hydrogens is 436 g/mol. The highest BCUT2D eigenvalue weighted by atomic mass is 35.5. The molecule has 2 aliphatic heterocycles. The Morgan fingerprint density at radius 1 is 1.33 bits per heavy atom. The number of anilines is 1. The van der Waals surface area contributed by atoms with Crippen LogP contribution >= 0.6 is 24.2 Å². The Morgan fingerprint density at radius 3 is 2.83 bits per heavy atom. The van der Waals surface area contributed by atoms with Gasteiger partial charge in [-0.1, -0.05) is 11.8 Å². The van der Waals surface area contributed by atoms with Crippen LogP contribution in [0.4, 0.5) is 14.5 Å². The SMILES string of the molecule is Cl.N#Cc1ccc(C(=O)Nc2ccc(F)c([C@]34COC[C@]3(F)CN=C(N)S4)c2)nc1. The molecule has 0 radical (unpaired) electrons. The van der Waals surface area contributed by atoms with Crippen LogP contribution in [-0.4, -0.2) is 41.5 Å². The molecule has 2 atom stereocenters. The molecule has 7 nitrogen and oxygen atoms in total. The molecule has 0 saturated carbocycles. The van der Waals surface area contributed by atoms with Gasteiger partial charge in [-0.2, -0.15) is 5.26 Å². The van der Waals surface area contributed by atoms with E-state index in [4.69, 9.17) is 15.7 Å². The molecule has 0 aliphatic carbocycles. The minimum absolute atomic E-state index is 0. The zero-order chi connectivity index (χ0) is 20.6. The summed E-state index contributed by atoms with van der Waals surface area (Å²) in [6.07, 6.45) is 1.28. The molecule has 2 aliphatic rings. The number of hydrogen-bond donors (Lipinski definition) is 2. The Bertz CT molecular complexity index is 1060. The van der Waals surface area contributed by atoms with Gasteiger partial charge in [-0.15, -0.1) is 12.4 Å². The first kappa shape index (κ1) is 22.0. The molecule has 0 spiro atoms. The summed E-state index contributed by atoms with van der Waals surface area (Å²) < 4.78 is 34.3. The number of fused-ring (bicyclic) bond motifs is 1. The molecule has 156 valence electrons. The number of ether oxygens (including phenoxy) is 1. The lowest BCUT2D eigenvalue weighted by atomic mass is 9.84. The van der Waals surface area contributed by atoms with Gasteiger partial charge in [-0.05, 0) is 30.3 Å². The van der Waals surface area contributed by atoms with E-state index in [1.165, 1.54) is 30.5 Å². The van der Waals surface area contributed by atoms with E-state index in [1.54, 1.807) is 0 Å². The second-order valence-corrected chi connectivity index (χ2v) is 8.05. The number of nitrogens with one attached hydrogen (secondary N) is 1. The Kier molecular flexibility index (Phi) is 5.99. The van der Waals surface area contributed by atoms with Crippen molar-refractivity contribution in [3.8, 4) is 6.07 Å². The Labute approximate surface area is 181 Å². The summed E-state index contributed by atoms with van der Waals surface area (Å²) in [5, 5.41) is 11.6. The minimum atomic E-state index is -1.92.